The first-order valence-corrected chi connectivity index (χ1v) is 12.7. The third-order valence-corrected chi connectivity index (χ3v) is 6.07. The van der Waals surface area contributed by atoms with Crippen molar-refractivity contribution in [3.8, 4) is 11.3 Å². The van der Waals surface area contributed by atoms with Gasteiger partial charge in [-0.3, -0.25) is 9.78 Å². The van der Waals surface area contributed by atoms with E-state index in [2.05, 4.69) is 20.0 Å². The van der Waals surface area contributed by atoms with E-state index >= 15 is 0 Å². The Bertz CT molecular complexity index is 1380. The predicted octanol–water partition coefficient (Wildman–Crippen LogP) is 4.42. The van der Waals surface area contributed by atoms with Crippen LogP contribution >= 0.6 is 11.6 Å². The van der Waals surface area contributed by atoms with Crippen LogP contribution in [0.4, 0.5) is 17.6 Å². The minimum atomic E-state index is -4.68. The first kappa shape index (κ1) is 27.5. The average molecular weight is 545 g/mol. The fraction of sp³-hybridized carbons (Fsp3) is 0.261. The molecule has 0 aliphatic carbocycles. The van der Waals surface area contributed by atoms with E-state index in [9.17, 15) is 30.8 Å². The summed E-state index contributed by atoms with van der Waals surface area (Å²) in [5, 5.41) is 2.83. The highest BCUT2D eigenvalue weighted by Gasteiger charge is 2.33. The van der Waals surface area contributed by atoms with Crippen LogP contribution in [0.3, 0.4) is 0 Å². The molecule has 2 N–H and O–H groups in total. The smallest absolute Gasteiger partial charge is 0.351 e. The molecule has 3 aromatic rings. The maximum atomic E-state index is 14.4. The molecule has 1 atom stereocenters. The summed E-state index contributed by atoms with van der Waals surface area (Å²) >= 11 is 5.93. The van der Waals surface area contributed by atoms with Crippen molar-refractivity contribution >= 4 is 27.5 Å². The van der Waals surface area contributed by atoms with E-state index in [1.165, 1.54) is 43.6 Å². The molecular formula is C23H21ClF4N4O3S. The molecular weight excluding hydrogens is 524 g/mol. The summed E-state index contributed by atoms with van der Waals surface area (Å²) in [5.74, 6) is -2.01. The Kier molecular flexibility index (Phi) is 8.32. The van der Waals surface area contributed by atoms with E-state index < -0.39 is 39.5 Å². The molecule has 2 aromatic heterocycles. The molecule has 0 radical (unpaired) electrons. The molecule has 0 saturated heterocycles. The summed E-state index contributed by atoms with van der Waals surface area (Å²) in [6, 6.07) is 7.43. The Labute approximate surface area is 210 Å². The minimum Gasteiger partial charge on any atom is -0.351 e. The van der Waals surface area contributed by atoms with E-state index in [0.29, 0.717) is 11.1 Å². The number of pyridine rings is 2. The van der Waals surface area contributed by atoms with E-state index in [-0.39, 0.29) is 34.9 Å². The van der Waals surface area contributed by atoms with Gasteiger partial charge in [0.2, 0.25) is 15.9 Å². The van der Waals surface area contributed by atoms with Crippen LogP contribution in [0.2, 0.25) is 5.02 Å². The minimum absolute atomic E-state index is 0.0402. The summed E-state index contributed by atoms with van der Waals surface area (Å²) in [5.41, 5.74) is -0.180. The second-order valence-electron chi connectivity index (χ2n) is 7.98. The number of benzene rings is 1. The van der Waals surface area contributed by atoms with Crippen molar-refractivity contribution in [2.45, 2.75) is 32.1 Å². The number of carbonyl (C=O) groups is 1. The summed E-state index contributed by atoms with van der Waals surface area (Å²) < 4.78 is 78.7. The predicted molar refractivity (Wildman–Crippen MR) is 126 cm³/mol. The molecule has 0 aliphatic heterocycles. The highest BCUT2D eigenvalue weighted by molar-refractivity contribution is 7.88. The number of amides is 1. The van der Waals surface area contributed by atoms with Gasteiger partial charge in [-0.05, 0) is 36.2 Å². The Morgan fingerprint density at radius 1 is 1.08 bits per heavy atom. The van der Waals surface area contributed by atoms with Gasteiger partial charge >= 0.3 is 6.18 Å². The van der Waals surface area contributed by atoms with Gasteiger partial charge in [0.1, 0.15) is 11.5 Å². The first-order chi connectivity index (χ1) is 16.7. The third-order valence-electron chi connectivity index (χ3n) is 5.20. The molecule has 0 spiro atoms. The molecule has 0 fully saturated rings. The molecule has 1 unspecified atom stereocenters. The van der Waals surface area contributed by atoms with Crippen molar-refractivity contribution < 1.29 is 30.8 Å². The Balaban J connectivity index is 1.78. The van der Waals surface area contributed by atoms with Gasteiger partial charge < -0.3 is 5.32 Å². The summed E-state index contributed by atoms with van der Waals surface area (Å²) in [6.45, 7) is 1.13. The lowest BCUT2D eigenvalue weighted by Gasteiger charge is -2.16. The van der Waals surface area contributed by atoms with Crippen molar-refractivity contribution in [2.75, 3.05) is 6.26 Å². The molecule has 3 rings (SSSR count). The lowest BCUT2D eigenvalue weighted by Crippen LogP contribution is -2.28. The number of alkyl halides is 3. The molecule has 36 heavy (non-hydrogen) atoms. The van der Waals surface area contributed by atoms with Crippen LogP contribution < -0.4 is 10.0 Å². The standard InChI is InChI=1S/C23H21ClF4N4O3S/c1-13(14-3-4-15(19(25)8-14)11-31-36(2,34)35)22(33)30-10-16-5-6-20(23(26,27)28)32-21(16)17-7-18(24)12-29-9-17/h3-9,12-13,31H,10-11H2,1-2H3,(H,30,33). The van der Waals surface area contributed by atoms with Crippen molar-refractivity contribution in [2.24, 2.45) is 0 Å². The second kappa shape index (κ2) is 10.9. The largest absolute Gasteiger partial charge is 0.433 e. The summed E-state index contributed by atoms with van der Waals surface area (Å²) in [7, 11) is -3.51. The molecule has 0 bridgehead atoms. The van der Waals surface area contributed by atoms with Crippen LogP contribution in [0.5, 0.6) is 0 Å². The van der Waals surface area contributed by atoms with Crippen molar-refractivity contribution in [3.05, 3.63) is 82.0 Å². The van der Waals surface area contributed by atoms with Crippen molar-refractivity contribution in [1.82, 2.24) is 20.0 Å². The number of rotatable bonds is 8. The van der Waals surface area contributed by atoms with Crippen LogP contribution in [0.1, 0.15) is 35.2 Å². The maximum Gasteiger partial charge on any atom is 0.433 e. The van der Waals surface area contributed by atoms with Crippen LogP contribution in [0.15, 0.2) is 48.8 Å². The molecule has 192 valence electrons. The molecule has 0 aliphatic rings. The highest BCUT2D eigenvalue weighted by Crippen LogP contribution is 2.32. The fourth-order valence-corrected chi connectivity index (χ4v) is 3.84. The van der Waals surface area contributed by atoms with E-state index in [1.54, 1.807) is 0 Å². The van der Waals surface area contributed by atoms with Gasteiger partial charge in [-0.15, -0.1) is 0 Å². The zero-order valence-electron chi connectivity index (χ0n) is 19.0. The topological polar surface area (TPSA) is 101 Å². The van der Waals surface area contributed by atoms with Gasteiger partial charge in [0, 0.05) is 36.6 Å². The van der Waals surface area contributed by atoms with Crippen LogP contribution in [0, 0.1) is 5.82 Å². The van der Waals surface area contributed by atoms with E-state index in [4.69, 9.17) is 11.6 Å². The lowest BCUT2D eigenvalue weighted by atomic mass is 9.98. The van der Waals surface area contributed by atoms with E-state index in [1.807, 2.05) is 0 Å². The Hall–Kier alpha value is -3.09. The molecule has 1 amide bonds. The highest BCUT2D eigenvalue weighted by atomic mass is 35.5. The molecule has 0 saturated carbocycles. The Morgan fingerprint density at radius 2 is 1.78 bits per heavy atom. The van der Waals surface area contributed by atoms with Gasteiger partial charge in [0.25, 0.3) is 0 Å². The fourth-order valence-electron chi connectivity index (χ4n) is 3.25. The van der Waals surface area contributed by atoms with Crippen molar-refractivity contribution in [3.63, 3.8) is 0 Å². The van der Waals surface area contributed by atoms with Crippen molar-refractivity contribution in [1.29, 1.82) is 0 Å². The normalized spacial score (nSPS) is 12.9. The summed E-state index contributed by atoms with van der Waals surface area (Å²) in [6.07, 6.45) is -1.09. The van der Waals surface area contributed by atoms with Gasteiger partial charge in [-0.2, -0.15) is 13.2 Å². The number of carbonyl (C=O) groups excluding carboxylic acids is 1. The number of aromatic nitrogens is 2. The third kappa shape index (κ3) is 7.21. The van der Waals surface area contributed by atoms with Crippen LogP contribution in [-0.4, -0.2) is 30.5 Å². The zero-order chi connectivity index (χ0) is 26.7. The lowest BCUT2D eigenvalue weighted by molar-refractivity contribution is -0.141. The summed E-state index contributed by atoms with van der Waals surface area (Å²) in [4.78, 5) is 20.3. The molecule has 2 heterocycles. The number of hydrogen-bond donors (Lipinski definition) is 2. The number of hydrogen-bond acceptors (Lipinski definition) is 5. The number of nitrogens with zero attached hydrogens (tertiary/aromatic N) is 2. The zero-order valence-corrected chi connectivity index (χ0v) is 20.6. The maximum absolute atomic E-state index is 14.4. The number of sulfonamides is 1. The second-order valence-corrected chi connectivity index (χ2v) is 10.2. The molecule has 1 aromatic carbocycles. The van der Waals surface area contributed by atoms with Crippen LogP contribution in [0.25, 0.3) is 11.3 Å². The number of nitrogens with one attached hydrogen (secondary N) is 2. The van der Waals surface area contributed by atoms with Crippen LogP contribution in [-0.2, 0) is 34.1 Å². The average Bonchev–Trinajstić information content (AvgIpc) is 2.80. The van der Waals surface area contributed by atoms with E-state index in [0.717, 1.165) is 18.4 Å². The molecule has 13 heteroatoms. The SMILES string of the molecule is CC(C(=O)NCc1ccc(C(F)(F)F)nc1-c1cncc(Cl)c1)c1ccc(CNS(C)(=O)=O)c(F)c1. The van der Waals surface area contributed by atoms with Gasteiger partial charge in [0.15, 0.2) is 0 Å². The van der Waals surface area contributed by atoms with Gasteiger partial charge in [-0.25, -0.2) is 22.5 Å². The molecule has 7 nitrogen and oxygen atoms in total. The van der Waals surface area contributed by atoms with Gasteiger partial charge in [-0.1, -0.05) is 29.8 Å². The first-order valence-electron chi connectivity index (χ1n) is 10.4. The quantitative estimate of drug-likeness (QED) is 0.409. The van der Waals surface area contributed by atoms with Gasteiger partial charge in [0.05, 0.1) is 22.9 Å². The number of halogens is 5. The monoisotopic (exact) mass is 544 g/mol. The Morgan fingerprint density at radius 3 is 2.39 bits per heavy atom.